The molecule has 2 N–H and O–H groups in total. The molecule has 2 aliphatic rings. The Morgan fingerprint density at radius 3 is 2.64 bits per heavy atom. The highest BCUT2D eigenvalue weighted by Crippen LogP contribution is 2.15. The number of methoxy groups -OCH3 is 1. The van der Waals surface area contributed by atoms with Gasteiger partial charge in [-0.05, 0) is 30.4 Å². The molecule has 2 aliphatic heterocycles. The Morgan fingerprint density at radius 2 is 1.91 bits per heavy atom. The lowest BCUT2D eigenvalue weighted by atomic mass is 10.1. The van der Waals surface area contributed by atoms with Crippen LogP contribution in [-0.4, -0.2) is 60.2 Å². The van der Waals surface area contributed by atoms with Crippen LogP contribution in [0, 0.1) is 0 Å². The van der Waals surface area contributed by atoms with Crippen LogP contribution >= 0.6 is 24.0 Å². The fourth-order valence-electron chi connectivity index (χ4n) is 4.05. The van der Waals surface area contributed by atoms with Crippen molar-refractivity contribution in [1.29, 1.82) is 0 Å². The van der Waals surface area contributed by atoms with Gasteiger partial charge >= 0.3 is 0 Å². The Labute approximate surface area is 212 Å². The highest BCUT2D eigenvalue weighted by atomic mass is 127. The average Bonchev–Trinajstić information content (AvgIpc) is 3.23. The molecule has 0 bridgehead atoms. The first-order valence-electron chi connectivity index (χ1n) is 11.4. The van der Waals surface area contributed by atoms with Gasteiger partial charge in [0.05, 0.1) is 19.3 Å². The van der Waals surface area contributed by atoms with Gasteiger partial charge in [-0.15, -0.1) is 24.0 Å². The van der Waals surface area contributed by atoms with Crippen molar-refractivity contribution in [3.8, 4) is 0 Å². The number of aromatic nitrogens is 3. The predicted molar refractivity (Wildman–Crippen MR) is 137 cm³/mol. The molecule has 9 nitrogen and oxygen atoms in total. The molecule has 4 rings (SSSR count). The number of ether oxygens (including phenoxy) is 3. The van der Waals surface area contributed by atoms with Crippen molar-refractivity contribution < 1.29 is 14.2 Å². The molecule has 182 valence electrons. The number of nitrogens with zero attached hydrogens (tertiary/aromatic N) is 4. The molecular weight excluding hydrogens is 535 g/mol. The zero-order chi connectivity index (χ0) is 22.2. The van der Waals surface area contributed by atoms with Crippen LogP contribution in [0.1, 0.15) is 42.0 Å². The number of nitrogens with one attached hydrogen (secondary N) is 2. The highest BCUT2D eigenvalue weighted by Gasteiger charge is 2.22. The van der Waals surface area contributed by atoms with Crippen LogP contribution in [0.15, 0.2) is 29.3 Å². The van der Waals surface area contributed by atoms with Gasteiger partial charge in [-0.1, -0.05) is 24.3 Å². The molecule has 1 aromatic carbocycles. The van der Waals surface area contributed by atoms with E-state index in [0.29, 0.717) is 25.9 Å². The number of aliphatic imine (C=N–C) groups is 1. The van der Waals surface area contributed by atoms with E-state index < -0.39 is 0 Å². The Morgan fingerprint density at radius 1 is 1.15 bits per heavy atom. The van der Waals surface area contributed by atoms with Crippen LogP contribution in [0.4, 0.5) is 0 Å². The molecule has 2 aromatic rings. The number of aryl methyl sites for hydroxylation is 1. The highest BCUT2D eigenvalue weighted by molar-refractivity contribution is 14.0. The lowest BCUT2D eigenvalue weighted by Crippen LogP contribution is -2.46. The molecule has 1 atom stereocenters. The van der Waals surface area contributed by atoms with Crippen molar-refractivity contribution in [3.63, 3.8) is 0 Å². The van der Waals surface area contributed by atoms with Gasteiger partial charge in [-0.2, -0.15) is 5.10 Å². The fraction of sp³-hybridized carbons (Fsp3) is 0.609. The van der Waals surface area contributed by atoms with Gasteiger partial charge < -0.3 is 24.8 Å². The van der Waals surface area contributed by atoms with Gasteiger partial charge in [0.15, 0.2) is 11.8 Å². The Bertz CT molecular complexity index is 883. The van der Waals surface area contributed by atoms with Crippen LogP contribution in [0.2, 0.25) is 0 Å². The third kappa shape index (κ3) is 7.62. The summed E-state index contributed by atoms with van der Waals surface area (Å²) in [6.07, 6.45) is 4.18. The summed E-state index contributed by atoms with van der Waals surface area (Å²) in [5.74, 6) is 2.56. The van der Waals surface area contributed by atoms with E-state index in [0.717, 1.165) is 63.1 Å². The molecule has 3 heterocycles. The summed E-state index contributed by atoms with van der Waals surface area (Å²) in [4.78, 5) is 8.92. The molecule has 0 spiro atoms. The van der Waals surface area contributed by atoms with Crippen LogP contribution < -0.4 is 10.6 Å². The first-order chi connectivity index (χ1) is 15.7. The van der Waals surface area contributed by atoms with Crippen LogP contribution in [0.25, 0.3) is 0 Å². The molecule has 1 unspecified atom stereocenters. The molecule has 0 radical (unpaired) electrons. The molecular formula is C23H35IN6O3. The molecule has 0 saturated carbocycles. The summed E-state index contributed by atoms with van der Waals surface area (Å²) in [5.41, 5.74) is 2.40. The Hall–Kier alpha value is -1.76. The number of rotatable bonds is 8. The maximum atomic E-state index is 6.01. The Balaban J connectivity index is 0.00000306. The maximum Gasteiger partial charge on any atom is 0.191 e. The maximum absolute atomic E-state index is 6.01. The fourth-order valence-corrected chi connectivity index (χ4v) is 4.05. The number of guanidine groups is 1. The lowest BCUT2D eigenvalue weighted by Gasteiger charge is -2.25. The van der Waals surface area contributed by atoms with E-state index in [1.807, 2.05) is 4.68 Å². The van der Waals surface area contributed by atoms with Crippen LogP contribution in [0.3, 0.4) is 0 Å². The molecule has 1 aromatic heterocycles. The standard InChI is InChI=1S/C23H34N6O3.HI/c1-24-23(26-19-7-8-22-27-21(16-30-2)28-29(22)14-19)25-13-17-3-5-18(6-4-17)15-32-20-9-11-31-12-10-20;/h3-6,19-20H,7-16H2,1-2H3,(H2,24,25,26);1H. The zero-order valence-corrected chi connectivity index (χ0v) is 21.8. The predicted octanol–water partition coefficient (Wildman–Crippen LogP) is 2.42. The number of benzene rings is 1. The summed E-state index contributed by atoms with van der Waals surface area (Å²) in [7, 11) is 3.46. The molecule has 0 aliphatic carbocycles. The zero-order valence-electron chi connectivity index (χ0n) is 19.5. The summed E-state index contributed by atoms with van der Waals surface area (Å²) in [6.45, 7) is 4.19. The summed E-state index contributed by atoms with van der Waals surface area (Å²) in [6, 6.07) is 8.82. The van der Waals surface area contributed by atoms with E-state index in [2.05, 4.69) is 50.0 Å². The smallest absolute Gasteiger partial charge is 0.191 e. The van der Waals surface area contributed by atoms with Crippen molar-refractivity contribution >= 4 is 29.9 Å². The van der Waals surface area contributed by atoms with Gasteiger partial charge in [0.2, 0.25) is 0 Å². The quantitative estimate of drug-likeness (QED) is 0.286. The van der Waals surface area contributed by atoms with E-state index in [4.69, 9.17) is 14.2 Å². The van der Waals surface area contributed by atoms with Crippen molar-refractivity contribution in [1.82, 2.24) is 25.4 Å². The summed E-state index contributed by atoms with van der Waals surface area (Å²) < 4.78 is 18.5. The van der Waals surface area contributed by atoms with Crippen molar-refractivity contribution in [2.75, 3.05) is 27.4 Å². The molecule has 10 heteroatoms. The van der Waals surface area contributed by atoms with Crippen LogP contribution in [0.5, 0.6) is 0 Å². The molecule has 0 amide bonds. The molecule has 33 heavy (non-hydrogen) atoms. The summed E-state index contributed by atoms with van der Waals surface area (Å²) in [5, 5.41) is 11.5. The van der Waals surface area contributed by atoms with Gasteiger partial charge in [0.1, 0.15) is 12.4 Å². The van der Waals surface area contributed by atoms with Crippen molar-refractivity contribution in [2.24, 2.45) is 4.99 Å². The minimum Gasteiger partial charge on any atom is -0.381 e. The first kappa shape index (κ1) is 25.9. The van der Waals surface area contributed by atoms with E-state index in [1.54, 1.807) is 14.2 Å². The number of hydrogen-bond donors (Lipinski definition) is 2. The van der Waals surface area contributed by atoms with E-state index >= 15 is 0 Å². The average molecular weight is 570 g/mol. The van der Waals surface area contributed by atoms with Gasteiger partial charge in [-0.25, -0.2) is 9.67 Å². The number of fused-ring (bicyclic) bond motifs is 1. The second-order valence-electron chi connectivity index (χ2n) is 8.30. The van der Waals surface area contributed by atoms with Crippen molar-refractivity contribution in [2.45, 2.75) is 64.1 Å². The normalized spacial score (nSPS) is 19.0. The molecule has 1 saturated heterocycles. The third-order valence-electron chi connectivity index (χ3n) is 5.88. The second kappa shape index (κ2) is 13.2. The number of halogens is 1. The van der Waals surface area contributed by atoms with Crippen LogP contribution in [-0.2, 0) is 46.9 Å². The topological polar surface area (TPSA) is 94.8 Å². The SMILES string of the molecule is CN=C(NCc1ccc(COC2CCOCC2)cc1)NC1CCc2nc(COC)nn2C1.I. The monoisotopic (exact) mass is 570 g/mol. The van der Waals surface area contributed by atoms with Gasteiger partial charge in [-0.3, -0.25) is 4.99 Å². The van der Waals surface area contributed by atoms with E-state index in [9.17, 15) is 0 Å². The van der Waals surface area contributed by atoms with Gasteiger partial charge in [0, 0.05) is 46.4 Å². The Kier molecular flexibility index (Phi) is 10.4. The molecule has 1 fully saturated rings. The second-order valence-corrected chi connectivity index (χ2v) is 8.30. The minimum atomic E-state index is 0. The largest absolute Gasteiger partial charge is 0.381 e. The van der Waals surface area contributed by atoms with E-state index in [-0.39, 0.29) is 30.0 Å². The number of hydrogen-bond acceptors (Lipinski definition) is 6. The third-order valence-corrected chi connectivity index (χ3v) is 5.88. The minimum absolute atomic E-state index is 0. The lowest BCUT2D eigenvalue weighted by molar-refractivity contribution is -0.0390. The van der Waals surface area contributed by atoms with Crippen molar-refractivity contribution in [3.05, 3.63) is 47.0 Å². The van der Waals surface area contributed by atoms with Gasteiger partial charge in [0.25, 0.3) is 0 Å². The summed E-state index contributed by atoms with van der Waals surface area (Å²) >= 11 is 0. The van der Waals surface area contributed by atoms with E-state index in [1.165, 1.54) is 11.1 Å². The first-order valence-corrected chi connectivity index (χ1v) is 11.4.